The second kappa shape index (κ2) is 3.97. The number of nitrogens with two attached hydrogens (primary N) is 3. The number of Topliss-reactive ketones (excluding diaryl/α,β-unsaturated/α-hetero) is 1. The predicted octanol–water partition coefficient (Wildman–Crippen LogP) is -0.785. The summed E-state index contributed by atoms with van der Waals surface area (Å²) >= 11 is 0. The van der Waals surface area contributed by atoms with E-state index in [1.807, 2.05) is 0 Å². The summed E-state index contributed by atoms with van der Waals surface area (Å²) < 4.78 is 0. The van der Waals surface area contributed by atoms with Gasteiger partial charge < -0.3 is 22.3 Å². The molecule has 0 aliphatic heterocycles. The number of rotatable bonds is 3. The minimum Gasteiger partial charge on any atom is -0.507 e. The van der Waals surface area contributed by atoms with Crippen LogP contribution >= 0.6 is 0 Å². The number of carbonyl (C=O) groups excluding carboxylic acids is 2. The van der Waals surface area contributed by atoms with Crippen LogP contribution in [0.1, 0.15) is 20.7 Å². The van der Waals surface area contributed by atoms with Gasteiger partial charge >= 0.3 is 0 Å². The van der Waals surface area contributed by atoms with Gasteiger partial charge in [-0.25, -0.2) is 0 Å². The number of benzene rings is 1. The molecule has 6 heteroatoms. The van der Waals surface area contributed by atoms with E-state index in [1.165, 1.54) is 0 Å². The number of nitrogen functional groups attached to an aromatic ring is 1. The largest absolute Gasteiger partial charge is 0.507 e. The molecule has 0 heterocycles. The first-order valence-electron chi connectivity index (χ1n) is 4.13. The Hall–Kier alpha value is -2.08. The Bertz CT molecular complexity index is 429. The van der Waals surface area contributed by atoms with Gasteiger partial charge in [0.1, 0.15) is 5.75 Å². The van der Waals surface area contributed by atoms with E-state index in [2.05, 4.69) is 0 Å². The second-order valence-corrected chi connectivity index (χ2v) is 2.95. The molecule has 0 fully saturated rings. The van der Waals surface area contributed by atoms with Crippen LogP contribution in [0.5, 0.6) is 5.75 Å². The van der Waals surface area contributed by atoms with E-state index < -0.39 is 11.7 Å². The van der Waals surface area contributed by atoms with Gasteiger partial charge in [-0.05, 0) is 6.07 Å². The number of phenolic OH excluding ortho intramolecular Hbond substituents is 1. The number of carbonyl (C=O) groups is 2. The SMILES string of the molecule is NCC(=O)c1cc(C(N)=O)c(N)cc1O. The minimum absolute atomic E-state index is 0.00963. The van der Waals surface area contributed by atoms with Gasteiger partial charge in [0.15, 0.2) is 5.78 Å². The smallest absolute Gasteiger partial charge is 0.250 e. The fourth-order valence-corrected chi connectivity index (χ4v) is 1.15. The number of amides is 1. The van der Waals surface area contributed by atoms with Gasteiger partial charge in [0.05, 0.1) is 17.7 Å². The van der Waals surface area contributed by atoms with Gasteiger partial charge in [-0.1, -0.05) is 0 Å². The Morgan fingerprint density at radius 1 is 1.27 bits per heavy atom. The van der Waals surface area contributed by atoms with Gasteiger partial charge in [0.2, 0.25) is 0 Å². The van der Waals surface area contributed by atoms with Crippen molar-refractivity contribution in [2.24, 2.45) is 11.5 Å². The number of hydrogen-bond donors (Lipinski definition) is 4. The monoisotopic (exact) mass is 209 g/mol. The Balaban J connectivity index is 3.36. The summed E-state index contributed by atoms with van der Waals surface area (Å²) in [4.78, 5) is 22.2. The fraction of sp³-hybridized carbons (Fsp3) is 0.111. The molecule has 1 aromatic rings. The van der Waals surface area contributed by atoms with Crippen molar-refractivity contribution >= 4 is 17.4 Å². The molecule has 7 N–H and O–H groups in total. The first kappa shape index (κ1) is 11.0. The van der Waals surface area contributed by atoms with Gasteiger partial charge in [-0.3, -0.25) is 9.59 Å². The minimum atomic E-state index is -0.765. The normalized spacial score (nSPS) is 9.93. The molecule has 0 radical (unpaired) electrons. The van der Waals surface area contributed by atoms with E-state index in [0.29, 0.717) is 0 Å². The van der Waals surface area contributed by atoms with Gasteiger partial charge in [-0.2, -0.15) is 0 Å². The van der Waals surface area contributed by atoms with Crippen molar-refractivity contribution in [2.45, 2.75) is 0 Å². The average Bonchev–Trinajstić information content (AvgIpc) is 2.16. The summed E-state index contributed by atoms with van der Waals surface area (Å²) in [7, 11) is 0. The van der Waals surface area contributed by atoms with Crippen molar-refractivity contribution in [1.82, 2.24) is 0 Å². The molecule has 0 aliphatic rings. The summed E-state index contributed by atoms with van der Waals surface area (Å²) in [6.07, 6.45) is 0. The number of ketones is 1. The molecule has 0 unspecified atom stereocenters. The highest BCUT2D eigenvalue weighted by atomic mass is 16.3. The van der Waals surface area contributed by atoms with Crippen LogP contribution < -0.4 is 17.2 Å². The van der Waals surface area contributed by atoms with Crippen LogP contribution in [0, 0.1) is 0 Å². The van der Waals surface area contributed by atoms with Crippen LogP contribution in [0.25, 0.3) is 0 Å². The molecule has 0 spiro atoms. The maximum Gasteiger partial charge on any atom is 0.250 e. The van der Waals surface area contributed by atoms with Crippen molar-refractivity contribution in [3.8, 4) is 5.75 Å². The zero-order chi connectivity index (χ0) is 11.6. The first-order valence-corrected chi connectivity index (χ1v) is 4.13. The molecule has 80 valence electrons. The maximum atomic E-state index is 11.2. The molecule has 0 bridgehead atoms. The van der Waals surface area contributed by atoms with E-state index in [-0.39, 0.29) is 29.1 Å². The molecule has 6 nitrogen and oxygen atoms in total. The highest BCUT2D eigenvalue weighted by Gasteiger charge is 2.15. The van der Waals surface area contributed by atoms with Crippen LogP contribution in [0.2, 0.25) is 0 Å². The van der Waals surface area contributed by atoms with Gasteiger partial charge in [0.25, 0.3) is 5.91 Å². The van der Waals surface area contributed by atoms with Crippen LogP contribution in [0.15, 0.2) is 12.1 Å². The number of aromatic hydroxyl groups is 1. The summed E-state index contributed by atoms with van der Waals surface area (Å²) in [5.41, 5.74) is 15.5. The van der Waals surface area contributed by atoms with Crippen molar-refractivity contribution in [2.75, 3.05) is 12.3 Å². The third kappa shape index (κ3) is 2.05. The predicted molar refractivity (Wildman–Crippen MR) is 54.4 cm³/mol. The highest BCUT2D eigenvalue weighted by Crippen LogP contribution is 2.24. The molecule has 1 rings (SSSR count). The average molecular weight is 209 g/mol. The quantitative estimate of drug-likeness (QED) is 0.382. The Morgan fingerprint density at radius 3 is 2.33 bits per heavy atom. The molecule has 1 amide bonds. The molecule has 1 aromatic carbocycles. The number of phenols is 1. The van der Waals surface area contributed by atoms with E-state index in [4.69, 9.17) is 17.2 Å². The maximum absolute atomic E-state index is 11.2. The van der Waals surface area contributed by atoms with Gasteiger partial charge in [-0.15, -0.1) is 0 Å². The molecular formula is C9H11N3O3. The zero-order valence-electron chi connectivity index (χ0n) is 7.86. The standard InChI is InChI=1S/C9H11N3O3/c10-3-8(14)5-1-4(9(12)15)6(11)2-7(5)13/h1-2,13H,3,10-11H2,(H2,12,15). The van der Waals surface area contributed by atoms with E-state index in [0.717, 1.165) is 12.1 Å². The topological polar surface area (TPSA) is 132 Å². The van der Waals surface area contributed by atoms with Crippen molar-refractivity contribution in [3.05, 3.63) is 23.3 Å². The van der Waals surface area contributed by atoms with E-state index >= 15 is 0 Å². The van der Waals surface area contributed by atoms with Crippen molar-refractivity contribution in [1.29, 1.82) is 0 Å². The summed E-state index contributed by atoms with van der Waals surface area (Å²) in [6, 6.07) is 2.24. The van der Waals surface area contributed by atoms with Crippen LogP contribution in [0.3, 0.4) is 0 Å². The number of anilines is 1. The Kier molecular flexibility index (Phi) is 2.91. The lowest BCUT2D eigenvalue weighted by Gasteiger charge is -2.07. The Labute approximate surface area is 85.7 Å². The fourth-order valence-electron chi connectivity index (χ4n) is 1.15. The van der Waals surface area contributed by atoms with E-state index in [9.17, 15) is 14.7 Å². The molecule has 0 saturated heterocycles. The molecular weight excluding hydrogens is 198 g/mol. The molecule has 0 atom stereocenters. The molecule has 15 heavy (non-hydrogen) atoms. The summed E-state index contributed by atoms with van der Waals surface area (Å²) in [5, 5.41) is 9.39. The van der Waals surface area contributed by atoms with Crippen LogP contribution in [-0.4, -0.2) is 23.3 Å². The number of primary amides is 1. The summed E-state index contributed by atoms with van der Waals surface area (Å²) in [6.45, 7) is -0.268. The summed E-state index contributed by atoms with van der Waals surface area (Å²) in [5.74, 6) is -1.57. The van der Waals surface area contributed by atoms with Crippen molar-refractivity contribution < 1.29 is 14.7 Å². The lowest BCUT2D eigenvalue weighted by atomic mass is 10.0. The third-order valence-electron chi connectivity index (χ3n) is 1.92. The molecule has 0 aliphatic carbocycles. The lowest BCUT2D eigenvalue weighted by molar-refractivity contribution is 0.0998. The van der Waals surface area contributed by atoms with Gasteiger partial charge in [0, 0.05) is 11.8 Å². The highest BCUT2D eigenvalue weighted by molar-refractivity contribution is 6.05. The van der Waals surface area contributed by atoms with E-state index in [1.54, 1.807) is 0 Å². The third-order valence-corrected chi connectivity index (χ3v) is 1.92. The Morgan fingerprint density at radius 2 is 1.87 bits per heavy atom. The van der Waals surface area contributed by atoms with Crippen LogP contribution in [0.4, 0.5) is 5.69 Å². The second-order valence-electron chi connectivity index (χ2n) is 2.95. The lowest BCUT2D eigenvalue weighted by Crippen LogP contribution is -2.17. The number of hydrogen-bond acceptors (Lipinski definition) is 5. The van der Waals surface area contributed by atoms with Crippen LogP contribution in [-0.2, 0) is 0 Å². The zero-order valence-corrected chi connectivity index (χ0v) is 7.86. The first-order chi connectivity index (χ1) is 6.97. The molecule has 0 aromatic heterocycles. The molecule has 0 saturated carbocycles. The van der Waals surface area contributed by atoms with Crippen molar-refractivity contribution in [3.63, 3.8) is 0 Å².